The fourth-order valence-electron chi connectivity index (χ4n) is 3.04. The summed E-state index contributed by atoms with van der Waals surface area (Å²) in [6.45, 7) is 9.06. The summed E-state index contributed by atoms with van der Waals surface area (Å²) in [4.78, 5) is 16.8. The lowest BCUT2D eigenvalue weighted by molar-refractivity contribution is 0.0520. The summed E-state index contributed by atoms with van der Waals surface area (Å²) in [7, 11) is 0. The van der Waals surface area contributed by atoms with E-state index >= 15 is 0 Å². The molecule has 0 aliphatic carbocycles. The number of pyridine rings is 1. The Morgan fingerprint density at radius 3 is 2.45 bits per heavy atom. The molecule has 0 atom stereocenters. The molecule has 29 heavy (non-hydrogen) atoms. The summed E-state index contributed by atoms with van der Waals surface area (Å²) in [5, 5.41) is 4.32. The van der Waals surface area contributed by atoms with Crippen LogP contribution in [0.25, 0.3) is 10.9 Å². The Kier molecular flexibility index (Phi) is 6.54. The predicted octanol–water partition coefficient (Wildman–Crippen LogP) is 5.26. The Labute approximate surface area is 170 Å². The van der Waals surface area contributed by atoms with Gasteiger partial charge in [-0.25, -0.2) is 9.78 Å². The molecule has 0 radical (unpaired) electrons. The van der Waals surface area contributed by atoms with E-state index in [1.54, 1.807) is 13.0 Å². The van der Waals surface area contributed by atoms with Crippen molar-refractivity contribution in [1.82, 2.24) is 4.98 Å². The van der Waals surface area contributed by atoms with Gasteiger partial charge in [0, 0.05) is 11.5 Å². The van der Waals surface area contributed by atoms with Crippen LogP contribution in [0, 0.1) is 6.92 Å². The van der Waals surface area contributed by atoms with Crippen molar-refractivity contribution in [2.24, 2.45) is 0 Å². The van der Waals surface area contributed by atoms with E-state index < -0.39 is 5.97 Å². The number of hydrogen-bond donors (Lipinski definition) is 1. The molecule has 3 aromatic rings. The highest BCUT2D eigenvalue weighted by Gasteiger charge is 2.15. The molecule has 0 spiro atoms. The van der Waals surface area contributed by atoms with Gasteiger partial charge in [-0.05, 0) is 58.0 Å². The number of rotatable bonds is 8. The molecule has 0 aliphatic rings. The molecule has 2 aromatic carbocycles. The van der Waals surface area contributed by atoms with Gasteiger partial charge in [-0.3, -0.25) is 0 Å². The summed E-state index contributed by atoms with van der Waals surface area (Å²) < 4.78 is 16.6. The molecule has 0 bridgehead atoms. The van der Waals surface area contributed by atoms with Crippen LogP contribution in [0.1, 0.15) is 36.8 Å². The first-order chi connectivity index (χ1) is 14.0. The highest BCUT2D eigenvalue weighted by molar-refractivity contribution is 5.99. The molecule has 0 aliphatic heterocycles. The van der Waals surface area contributed by atoms with Crippen LogP contribution in [-0.2, 0) is 4.74 Å². The van der Waals surface area contributed by atoms with Crippen LogP contribution < -0.4 is 14.8 Å². The molecular formula is C23H26N2O4. The lowest BCUT2D eigenvalue weighted by atomic mass is 10.1. The summed E-state index contributed by atoms with van der Waals surface area (Å²) in [5.41, 5.74) is 3.56. The van der Waals surface area contributed by atoms with Crippen molar-refractivity contribution in [3.05, 3.63) is 53.7 Å². The smallest absolute Gasteiger partial charge is 0.357 e. The zero-order valence-electron chi connectivity index (χ0n) is 17.2. The maximum absolute atomic E-state index is 12.3. The van der Waals surface area contributed by atoms with Crippen molar-refractivity contribution in [3.8, 4) is 11.5 Å². The minimum Gasteiger partial charge on any atom is -0.494 e. The monoisotopic (exact) mass is 394 g/mol. The highest BCUT2D eigenvalue weighted by Crippen LogP contribution is 2.35. The molecule has 0 fully saturated rings. The van der Waals surface area contributed by atoms with Crippen molar-refractivity contribution in [2.45, 2.75) is 27.7 Å². The average molecular weight is 394 g/mol. The van der Waals surface area contributed by atoms with Gasteiger partial charge in [-0.1, -0.05) is 11.6 Å². The normalized spacial score (nSPS) is 10.6. The van der Waals surface area contributed by atoms with Crippen molar-refractivity contribution in [2.75, 3.05) is 25.1 Å². The lowest BCUT2D eigenvalue weighted by Crippen LogP contribution is -2.08. The molecule has 0 saturated heterocycles. The SMILES string of the molecule is CCOC(=O)c1cc(Nc2cc(OCC)ccc2OCC)c2cc(C)ccc2n1. The van der Waals surface area contributed by atoms with Crippen molar-refractivity contribution < 1.29 is 19.0 Å². The van der Waals surface area contributed by atoms with Gasteiger partial charge in [0.1, 0.15) is 11.5 Å². The second kappa shape index (κ2) is 9.28. The van der Waals surface area contributed by atoms with Gasteiger partial charge in [-0.2, -0.15) is 0 Å². The Hall–Kier alpha value is -3.28. The zero-order chi connectivity index (χ0) is 20.8. The largest absolute Gasteiger partial charge is 0.494 e. The number of aryl methyl sites for hydroxylation is 1. The number of carbonyl (C=O) groups is 1. The number of aromatic nitrogens is 1. The topological polar surface area (TPSA) is 69.7 Å². The molecule has 1 aromatic heterocycles. The molecule has 0 unspecified atom stereocenters. The first-order valence-corrected chi connectivity index (χ1v) is 9.80. The Morgan fingerprint density at radius 2 is 1.72 bits per heavy atom. The molecule has 0 amide bonds. The third-order valence-corrected chi connectivity index (χ3v) is 4.28. The first kappa shape index (κ1) is 20.5. The second-order valence-corrected chi connectivity index (χ2v) is 6.45. The van der Waals surface area contributed by atoms with E-state index in [1.165, 1.54) is 0 Å². The minimum atomic E-state index is -0.453. The molecule has 152 valence electrons. The maximum atomic E-state index is 12.3. The van der Waals surface area contributed by atoms with E-state index in [1.807, 2.05) is 57.2 Å². The van der Waals surface area contributed by atoms with Crippen LogP contribution in [0.3, 0.4) is 0 Å². The predicted molar refractivity (Wildman–Crippen MR) is 114 cm³/mol. The average Bonchev–Trinajstić information content (AvgIpc) is 2.70. The summed E-state index contributed by atoms with van der Waals surface area (Å²) in [6.07, 6.45) is 0. The molecule has 6 nitrogen and oxygen atoms in total. The molecular weight excluding hydrogens is 368 g/mol. The van der Waals surface area contributed by atoms with Crippen molar-refractivity contribution in [1.29, 1.82) is 0 Å². The van der Waals surface area contributed by atoms with Gasteiger partial charge < -0.3 is 19.5 Å². The third-order valence-electron chi connectivity index (χ3n) is 4.28. The van der Waals surface area contributed by atoms with Gasteiger partial charge in [0.25, 0.3) is 0 Å². The number of nitrogens with one attached hydrogen (secondary N) is 1. The number of carbonyl (C=O) groups excluding carboxylic acids is 1. The van der Waals surface area contributed by atoms with Gasteiger partial charge in [0.2, 0.25) is 0 Å². The number of benzene rings is 2. The minimum absolute atomic E-state index is 0.254. The number of fused-ring (bicyclic) bond motifs is 1. The number of ether oxygens (including phenoxy) is 3. The number of hydrogen-bond acceptors (Lipinski definition) is 6. The van der Waals surface area contributed by atoms with E-state index in [4.69, 9.17) is 14.2 Å². The molecule has 3 rings (SSSR count). The fourth-order valence-corrected chi connectivity index (χ4v) is 3.04. The summed E-state index contributed by atoms with van der Waals surface area (Å²) in [6, 6.07) is 13.3. The standard InChI is InChI=1S/C23H26N2O4/c1-5-27-16-9-11-22(28-6-2)20(13-16)25-19-14-21(23(26)29-7-3)24-18-10-8-15(4)12-17(18)19/h8-14H,5-7H2,1-4H3,(H,24,25). The molecule has 1 N–H and O–H groups in total. The van der Waals surface area contributed by atoms with E-state index in [-0.39, 0.29) is 5.69 Å². The van der Waals surface area contributed by atoms with E-state index in [0.29, 0.717) is 31.1 Å². The van der Waals surface area contributed by atoms with Crippen molar-refractivity contribution >= 4 is 28.2 Å². The Bertz CT molecular complexity index is 1020. The Morgan fingerprint density at radius 1 is 0.931 bits per heavy atom. The van der Waals surface area contributed by atoms with Crippen LogP contribution in [0.5, 0.6) is 11.5 Å². The molecule has 6 heteroatoms. The quantitative estimate of drug-likeness (QED) is 0.526. The summed E-state index contributed by atoms with van der Waals surface area (Å²) in [5.74, 6) is 0.982. The van der Waals surface area contributed by atoms with E-state index in [2.05, 4.69) is 10.3 Å². The number of nitrogens with zero attached hydrogens (tertiary/aromatic N) is 1. The summed E-state index contributed by atoms with van der Waals surface area (Å²) >= 11 is 0. The van der Waals surface area contributed by atoms with Crippen LogP contribution in [-0.4, -0.2) is 30.8 Å². The highest BCUT2D eigenvalue weighted by atomic mass is 16.5. The fraction of sp³-hybridized carbons (Fsp3) is 0.304. The third kappa shape index (κ3) is 4.77. The lowest BCUT2D eigenvalue weighted by Gasteiger charge is -2.16. The zero-order valence-corrected chi connectivity index (χ0v) is 17.2. The maximum Gasteiger partial charge on any atom is 0.357 e. The van der Waals surface area contributed by atoms with Crippen LogP contribution in [0.2, 0.25) is 0 Å². The van der Waals surface area contributed by atoms with Gasteiger partial charge in [0.15, 0.2) is 5.69 Å². The van der Waals surface area contributed by atoms with E-state index in [9.17, 15) is 4.79 Å². The second-order valence-electron chi connectivity index (χ2n) is 6.45. The van der Waals surface area contributed by atoms with Crippen molar-refractivity contribution in [3.63, 3.8) is 0 Å². The number of esters is 1. The van der Waals surface area contributed by atoms with Gasteiger partial charge >= 0.3 is 5.97 Å². The van der Waals surface area contributed by atoms with Gasteiger partial charge in [0.05, 0.1) is 36.7 Å². The molecule has 1 heterocycles. The van der Waals surface area contributed by atoms with Crippen LogP contribution >= 0.6 is 0 Å². The van der Waals surface area contributed by atoms with E-state index in [0.717, 1.165) is 28.1 Å². The first-order valence-electron chi connectivity index (χ1n) is 9.80. The van der Waals surface area contributed by atoms with Crippen LogP contribution in [0.4, 0.5) is 11.4 Å². The molecule has 0 saturated carbocycles. The number of anilines is 2. The van der Waals surface area contributed by atoms with Crippen LogP contribution in [0.15, 0.2) is 42.5 Å². The Balaban J connectivity index is 2.12. The van der Waals surface area contributed by atoms with Gasteiger partial charge in [-0.15, -0.1) is 0 Å².